The largest absolute Gasteiger partial charge is 0.388 e. The van der Waals surface area contributed by atoms with Crippen molar-refractivity contribution in [3.05, 3.63) is 0 Å². The molecule has 0 radical (unpaired) electrons. The Morgan fingerprint density at radius 1 is 1.53 bits per heavy atom. The lowest BCUT2D eigenvalue weighted by atomic mass is 9.78. The number of nitrogens with two attached hydrogens (primary N) is 1. The molecule has 1 aromatic rings. The average Bonchev–Trinajstić information content (AvgIpc) is 2.74. The molecular formula is C11H20N4OS. The second-order valence-electron chi connectivity index (χ2n) is 4.89. The molecule has 0 saturated heterocycles. The first-order valence-corrected chi connectivity index (χ1v) is 6.94. The molecule has 0 aromatic carbocycles. The first-order valence-electron chi connectivity index (χ1n) is 6.17. The highest BCUT2D eigenvalue weighted by Gasteiger charge is 2.32. The van der Waals surface area contributed by atoms with Gasteiger partial charge in [-0.25, -0.2) is 0 Å². The van der Waals surface area contributed by atoms with E-state index in [0.29, 0.717) is 17.6 Å². The topological polar surface area (TPSA) is 84.1 Å². The van der Waals surface area contributed by atoms with Gasteiger partial charge < -0.3 is 16.2 Å². The van der Waals surface area contributed by atoms with E-state index in [2.05, 4.69) is 21.6 Å². The molecular weight excluding hydrogens is 236 g/mol. The molecule has 5 nitrogen and oxygen atoms in total. The van der Waals surface area contributed by atoms with E-state index < -0.39 is 5.60 Å². The minimum Gasteiger partial charge on any atom is -0.388 e. The van der Waals surface area contributed by atoms with E-state index in [9.17, 15) is 5.11 Å². The van der Waals surface area contributed by atoms with Gasteiger partial charge in [0, 0.05) is 18.1 Å². The predicted molar refractivity (Wildman–Crippen MR) is 70.0 cm³/mol. The Bertz CT molecular complexity index is 360. The van der Waals surface area contributed by atoms with Crippen LogP contribution in [0, 0.1) is 5.92 Å². The number of hydrogen-bond donors (Lipinski definition) is 3. The number of nitrogens with one attached hydrogen (secondary N) is 1. The first-order chi connectivity index (χ1) is 8.11. The lowest BCUT2D eigenvalue weighted by Gasteiger charge is -2.35. The maximum atomic E-state index is 10.4. The summed E-state index contributed by atoms with van der Waals surface area (Å²) in [7, 11) is 0. The molecule has 2 rings (SSSR count). The van der Waals surface area contributed by atoms with Crippen molar-refractivity contribution in [1.29, 1.82) is 0 Å². The van der Waals surface area contributed by atoms with Crippen molar-refractivity contribution < 1.29 is 5.11 Å². The lowest BCUT2D eigenvalue weighted by molar-refractivity contribution is 0.00229. The van der Waals surface area contributed by atoms with Gasteiger partial charge in [-0.15, -0.1) is 0 Å². The Morgan fingerprint density at radius 3 is 2.76 bits per heavy atom. The van der Waals surface area contributed by atoms with E-state index in [4.69, 9.17) is 5.73 Å². The maximum absolute atomic E-state index is 10.4. The van der Waals surface area contributed by atoms with E-state index in [1.54, 1.807) is 0 Å². The normalized spacial score (nSPS) is 29.2. The maximum Gasteiger partial charge on any atom is 0.233 e. The van der Waals surface area contributed by atoms with E-state index >= 15 is 0 Å². The lowest BCUT2D eigenvalue weighted by Crippen LogP contribution is -2.40. The summed E-state index contributed by atoms with van der Waals surface area (Å²) in [5.41, 5.74) is 4.85. The number of nitrogens with zero attached hydrogens (tertiary/aromatic N) is 2. The van der Waals surface area contributed by atoms with Gasteiger partial charge >= 0.3 is 0 Å². The zero-order chi connectivity index (χ0) is 12.3. The molecule has 0 atom stereocenters. The number of nitrogen functional groups attached to an aromatic ring is 1. The molecule has 0 unspecified atom stereocenters. The molecule has 1 fully saturated rings. The van der Waals surface area contributed by atoms with Crippen LogP contribution in [0.25, 0.3) is 0 Å². The molecule has 1 aromatic heterocycles. The Hall–Kier alpha value is -0.880. The zero-order valence-electron chi connectivity index (χ0n) is 10.1. The molecule has 0 spiro atoms. The fourth-order valence-corrected chi connectivity index (χ4v) is 2.84. The minimum absolute atomic E-state index is 0.291. The van der Waals surface area contributed by atoms with Crippen LogP contribution in [0.2, 0.25) is 0 Å². The summed E-state index contributed by atoms with van der Waals surface area (Å²) in [6, 6.07) is 0. The molecule has 0 bridgehead atoms. The Balaban J connectivity index is 1.82. The first kappa shape index (κ1) is 12.6. The molecule has 1 aliphatic rings. The predicted octanol–water partition coefficient (Wildman–Crippen LogP) is 1.86. The van der Waals surface area contributed by atoms with E-state index in [1.807, 2.05) is 0 Å². The van der Waals surface area contributed by atoms with Crippen molar-refractivity contribution in [2.45, 2.75) is 44.6 Å². The molecule has 1 heterocycles. The summed E-state index contributed by atoms with van der Waals surface area (Å²) in [4.78, 5) is 4.02. The van der Waals surface area contributed by atoms with Crippen molar-refractivity contribution in [3.8, 4) is 0 Å². The summed E-state index contributed by atoms with van der Waals surface area (Å²) in [6.45, 7) is 2.76. The number of hydrogen-bond acceptors (Lipinski definition) is 6. The molecule has 1 saturated carbocycles. The zero-order valence-corrected chi connectivity index (χ0v) is 11.0. The van der Waals surface area contributed by atoms with Gasteiger partial charge in [0.25, 0.3) is 0 Å². The summed E-state index contributed by atoms with van der Waals surface area (Å²) in [5.74, 6) is 1.08. The van der Waals surface area contributed by atoms with Gasteiger partial charge in [0.1, 0.15) is 0 Å². The third kappa shape index (κ3) is 3.29. The minimum atomic E-state index is -0.591. The van der Waals surface area contributed by atoms with Crippen molar-refractivity contribution in [2.24, 2.45) is 5.92 Å². The fourth-order valence-electron chi connectivity index (χ4n) is 2.35. The van der Waals surface area contributed by atoms with Crippen LogP contribution in [0.4, 0.5) is 11.1 Å². The molecule has 0 amide bonds. The highest BCUT2D eigenvalue weighted by atomic mass is 32.1. The Labute approximate surface area is 106 Å². The van der Waals surface area contributed by atoms with Gasteiger partial charge in [-0.2, -0.15) is 9.36 Å². The SMILES string of the molecule is CCC1CCC(O)(CNc2nc(N)ns2)CC1. The molecule has 1 aliphatic carbocycles. The highest BCUT2D eigenvalue weighted by Crippen LogP contribution is 2.33. The number of aliphatic hydroxyl groups is 1. The van der Waals surface area contributed by atoms with Crippen LogP contribution in [-0.4, -0.2) is 26.6 Å². The van der Waals surface area contributed by atoms with Gasteiger partial charge in [0.2, 0.25) is 11.1 Å². The smallest absolute Gasteiger partial charge is 0.233 e. The highest BCUT2D eigenvalue weighted by molar-refractivity contribution is 7.09. The second-order valence-corrected chi connectivity index (χ2v) is 5.64. The fraction of sp³-hybridized carbons (Fsp3) is 0.818. The third-order valence-electron chi connectivity index (χ3n) is 3.62. The summed E-state index contributed by atoms with van der Waals surface area (Å²) in [6.07, 6.45) is 5.19. The number of aromatic nitrogens is 2. The van der Waals surface area contributed by atoms with Gasteiger partial charge in [-0.05, 0) is 31.6 Å². The van der Waals surface area contributed by atoms with Crippen LogP contribution in [0.5, 0.6) is 0 Å². The average molecular weight is 256 g/mol. The van der Waals surface area contributed by atoms with Crippen LogP contribution in [0.1, 0.15) is 39.0 Å². The van der Waals surface area contributed by atoms with E-state index in [1.165, 1.54) is 18.0 Å². The molecule has 96 valence electrons. The van der Waals surface area contributed by atoms with Crippen LogP contribution in [-0.2, 0) is 0 Å². The van der Waals surface area contributed by atoms with Gasteiger partial charge in [0.05, 0.1) is 5.60 Å². The number of anilines is 2. The summed E-state index contributed by atoms with van der Waals surface area (Å²) in [5, 5.41) is 14.2. The van der Waals surface area contributed by atoms with E-state index in [0.717, 1.165) is 31.6 Å². The standard InChI is InChI=1S/C11H20N4OS/c1-2-8-3-5-11(16,6-4-8)7-13-10-14-9(12)15-17-10/h8,16H,2-7H2,1H3,(H3,12,13,14,15). The van der Waals surface area contributed by atoms with Crippen molar-refractivity contribution in [1.82, 2.24) is 9.36 Å². The van der Waals surface area contributed by atoms with Crippen LogP contribution in [0.3, 0.4) is 0 Å². The summed E-state index contributed by atoms with van der Waals surface area (Å²) >= 11 is 1.23. The molecule has 4 N–H and O–H groups in total. The van der Waals surface area contributed by atoms with Crippen molar-refractivity contribution >= 4 is 22.6 Å². The molecule has 0 aliphatic heterocycles. The van der Waals surface area contributed by atoms with Gasteiger partial charge in [0.15, 0.2) is 0 Å². The van der Waals surface area contributed by atoms with Crippen molar-refractivity contribution in [3.63, 3.8) is 0 Å². The Kier molecular flexibility index (Phi) is 3.83. The molecule has 17 heavy (non-hydrogen) atoms. The van der Waals surface area contributed by atoms with Crippen LogP contribution < -0.4 is 11.1 Å². The Morgan fingerprint density at radius 2 is 2.24 bits per heavy atom. The third-order valence-corrected chi connectivity index (χ3v) is 4.31. The number of rotatable bonds is 4. The second kappa shape index (κ2) is 5.18. The van der Waals surface area contributed by atoms with Crippen LogP contribution >= 0.6 is 11.5 Å². The van der Waals surface area contributed by atoms with Gasteiger partial charge in [-0.1, -0.05) is 13.3 Å². The monoisotopic (exact) mass is 256 g/mol. The van der Waals surface area contributed by atoms with Gasteiger partial charge in [-0.3, -0.25) is 0 Å². The van der Waals surface area contributed by atoms with Crippen LogP contribution in [0.15, 0.2) is 0 Å². The quantitative estimate of drug-likeness (QED) is 0.766. The molecule has 6 heteroatoms. The van der Waals surface area contributed by atoms with E-state index in [-0.39, 0.29) is 0 Å². The summed E-state index contributed by atoms with van der Waals surface area (Å²) < 4.78 is 3.89. The van der Waals surface area contributed by atoms with Crippen molar-refractivity contribution in [2.75, 3.05) is 17.6 Å².